The second-order valence-corrected chi connectivity index (χ2v) is 8.65. The van der Waals surface area contributed by atoms with Crippen LogP contribution in [0.2, 0.25) is 0 Å². The van der Waals surface area contributed by atoms with Crippen molar-refractivity contribution < 1.29 is 22.7 Å². The van der Waals surface area contributed by atoms with Gasteiger partial charge in [-0.2, -0.15) is 0 Å². The van der Waals surface area contributed by atoms with E-state index in [1.807, 2.05) is 19.9 Å². The van der Waals surface area contributed by atoms with E-state index in [2.05, 4.69) is 5.32 Å². The zero-order valence-corrected chi connectivity index (χ0v) is 18.0. The number of amides is 1. The van der Waals surface area contributed by atoms with Crippen molar-refractivity contribution in [3.8, 4) is 0 Å². The Labute approximate surface area is 171 Å². The Morgan fingerprint density at radius 1 is 1.07 bits per heavy atom. The first-order valence-corrected chi connectivity index (χ1v) is 11.0. The maximum absolute atomic E-state index is 12.7. The van der Waals surface area contributed by atoms with Crippen LogP contribution in [-0.4, -0.2) is 39.2 Å². The molecule has 0 fully saturated rings. The average molecular weight is 419 g/mol. The Kier molecular flexibility index (Phi) is 7.02. The average Bonchev–Trinajstić information content (AvgIpc) is 2.64. The van der Waals surface area contributed by atoms with Gasteiger partial charge in [-0.15, -0.1) is 0 Å². The largest absolute Gasteiger partial charge is 0.462 e. The van der Waals surface area contributed by atoms with E-state index in [0.717, 1.165) is 21.7 Å². The maximum atomic E-state index is 12.7. The van der Waals surface area contributed by atoms with Gasteiger partial charge in [0.2, 0.25) is 15.9 Å². The molecule has 0 bridgehead atoms. The number of carbonyl (C=O) groups excluding carboxylic acids is 2. The lowest BCUT2D eigenvalue weighted by Gasteiger charge is -2.28. The van der Waals surface area contributed by atoms with Gasteiger partial charge in [0.15, 0.2) is 0 Å². The van der Waals surface area contributed by atoms with Crippen LogP contribution in [0.1, 0.15) is 35.3 Å². The first-order valence-electron chi connectivity index (χ1n) is 9.19. The molecule has 0 spiro atoms. The van der Waals surface area contributed by atoms with Gasteiger partial charge < -0.3 is 10.1 Å². The molecule has 2 aromatic carbocycles. The summed E-state index contributed by atoms with van der Waals surface area (Å²) in [5.74, 6) is -0.936. The summed E-state index contributed by atoms with van der Waals surface area (Å²) in [7, 11) is -3.70. The van der Waals surface area contributed by atoms with E-state index >= 15 is 0 Å². The predicted molar refractivity (Wildman–Crippen MR) is 114 cm³/mol. The van der Waals surface area contributed by atoms with Crippen molar-refractivity contribution >= 4 is 33.3 Å². The number of rotatable bonds is 7. The molecule has 0 aliphatic rings. The molecule has 1 atom stereocenters. The summed E-state index contributed by atoms with van der Waals surface area (Å²) < 4.78 is 30.8. The monoisotopic (exact) mass is 418 g/mol. The lowest BCUT2D eigenvalue weighted by Crippen LogP contribution is -2.45. The molecule has 7 nitrogen and oxygen atoms in total. The van der Waals surface area contributed by atoms with E-state index in [0.29, 0.717) is 16.9 Å². The van der Waals surface area contributed by atoms with Gasteiger partial charge >= 0.3 is 5.97 Å². The third-order valence-electron chi connectivity index (χ3n) is 4.50. The van der Waals surface area contributed by atoms with Gasteiger partial charge in [-0.3, -0.25) is 9.10 Å². The third kappa shape index (κ3) is 5.57. The number of hydrogen-bond donors (Lipinski definition) is 1. The maximum Gasteiger partial charge on any atom is 0.338 e. The van der Waals surface area contributed by atoms with E-state index in [1.54, 1.807) is 31.2 Å². The summed E-state index contributed by atoms with van der Waals surface area (Å²) in [6.07, 6.45) is 1.07. The minimum absolute atomic E-state index is 0.272. The molecule has 0 radical (unpaired) electrons. The SMILES string of the molecule is CCOC(=O)c1ccc(NC(=O)[C@@H](C)N(c2ccc(C)c(C)c2)S(C)(=O)=O)cc1. The second kappa shape index (κ2) is 9.09. The normalized spacial score (nSPS) is 12.2. The molecule has 0 heterocycles. The number of esters is 1. The Balaban J connectivity index is 2.23. The molecule has 1 amide bonds. The summed E-state index contributed by atoms with van der Waals surface area (Å²) in [6, 6.07) is 10.5. The highest BCUT2D eigenvalue weighted by Crippen LogP contribution is 2.24. The quantitative estimate of drug-likeness (QED) is 0.697. The van der Waals surface area contributed by atoms with Crippen LogP contribution in [0.5, 0.6) is 0 Å². The molecular weight excluding hydrogens is 392 g/mol. The van der Waals surface area contributed by atoms with Crippen molar-refractivity contribution in [2.24, 2.45) is 0 Å². The highest BCUT2D eigenvalue weighted by atomic mass is 32.2. The van der Waals surface area contributed by atoms with Crippen LogP contribution in [0.25, 0.3) is 0 Å². The topological polar surface area (TPSA) is 92.8 Å². The van der Waals surface area contributed by atoms with Crippen LogP contribution in [0.4, 0.5) is 11.4 Å². The lowest BCUT2D eigenvalue weighted by molar-refractivity contribution is -0.116. The van der Waals surface area contributed by atoms with Crippen LogP contribution in [0.3, 0.4) is 0 Å². The molecule has 0 saturated heterocycles. The Hall–Kier alpha value is -2.87. The fourth-order valence-electron chi connectivity index (χ4n) is 2.82. The Morgan fingerprint density at radius 2 is 1.69 bits per heavy atom. The van der Waals surface area contributed by atoms with Gasteiger partial charge in [-0.25, -0.2) is 13.2 Å². The molecule has 0 unspecified atom stereocenters. The molecule has 8 heteroatoms. The molecule has 2 aromatic rings. The molecule has 0 aromatic heterocycles. The van der Waals surface area contributed by atoms with E-state index in [9.17, 15) is 18.0 Å². The first kappa shape index (κ1) is 22.4. The van der Waals surface area contributed by atoms with Crippen LogP contribution in [-0.2, 0) is 19.6 Å². The van der Waals surface area contributed by atoms with E-state index in [-0.39, 0.29) is 6.61 Å². The number of aryl methyl sites for hydroxylation is 2. The summed E-state index contributed by atoms with van der Waals surface area (Å²) in [5.41, 5.74) is 3.20. The fourth-order valence-corrected chi connectivity index (χ4v) is 3.99. The van der Waals surface area contributed by atoms with Gasteiger partial charge in [-0.05, 0) is 75.2 Å². The van der Waals surface area contributed by atoms with Gasteiger partial charge in [-0.1, -0.05) is 6.07 Å². The minimum atomic E-state index is -3.70. The lowest BCUT2D eigenvalue weighted by atomic mass is 10.1. The summed E-state index contributed by atoms with van der Waals surface area (Å²) in [5, 5.41) is 2.69. The number of carbonyl (C=O) groups is 2. The summed E-state index contributed by atoms with van der Waals surface area (Å²) in [6.45, 7) is 7.33. The summed E-state index contributed by atoms with van der Waals surface area (Å²) in [4.78, 5) is 24.4. The molecular formula is C21H26N2O5S. The molecule has 156 valence electrons. The summed E-state index contributed by atoms with van der Waals surface area (Å²) >= 11 is 0. The van der Waals surface area contributed by atoms with Gasteiger partial charge in [0.05, 0.1) is 24.1 Å². The van der Waals surface area contributed by atoms with E-state index in [4.69, 9.17) is 4.74 Å². The van der Waals surface area contributed by atoms with Crippen LogP contribution in [0, 0.1) is 13.8 Å². The number of nitrogens with one attached hydrogen (secondary N) is 1. The Bertz CT molecular complexity index is 1000. The third-order valence-corrected chi connectivity index (χ3v) is 5.74. The molecule has 1 N–H and O–H groups in total. The van der Waals surface area contributed by atoms with E-state index < -0.39 is 27.9 Å². The zero-order valence-electron chi connectivity index (χ0n) is 17.2. The molecule has 2 rings (SSSR count). The second-order valence-electron chi connectivity index (χ2n) is 6.79. The van der Waals surface area contributed by atoms with Crippen molar-refractivity contribution in [3.05, 3.63) is 59.2 Å². The van der Waals surface area contributed by atoms with Crippen molar-refractivity contribution in [1.82, 2.24) is 0 Å². The molecule has 0 aliphatic carbocycles. The van der Waals surface area contributed by atoms with Crippen molar-refractivity contribution in [2.75, 3.05) is 22.5 Å². The van der Waals surface area contributed by atoms with Gasteiger partial charge in [0, 0.05) is 5.69 Å². The number of nitrogens with zero attached hydrogens (tertiary/aromatic N) is 1. The number of benzene rings is 2. The molecule has 29 heavy (non-hydrogen) atoms. The number of anilines is 2. The highest BCUT2D eigenvalue weighted by Gasteiger charge is 2.29. The van der Waals surface area contributed by atoms with Gasteiger partial charge in [0.25, 0.3) is 0 Å². The Morgan fingerprint density at radius 3 is 2.21 bits per heavy atom. The highest BCUT2D eigenvalue weighted by molar-refractivity contribution is 7.92. The van der Waals surface area contributed by atoms with Crippen molar-refractivity contribution in [3.63, 3.8) is 0 Å². The number of ether oxygens (including phenoxy) is 1. The number of hydrogen-bond acceptors (Lipinski definition) is 5. The molecule has 0 saturated carbocycles. The smallest absolute Gasteiger partial charge is 0.338 e. The van der Waals surface area contributed by atoms with Crippen LogP contribution >= 0.6 is 0 Å². The van der Waals surface area contributed by atoms with E-state index in [1.165, 1.54) is 19.1 Å². The fraction of sp³-hybridized carbons (Fsp3) is 0.333. The van der Waals surface area contributed by atoms with Crippen molar-refractivity contribution in [2.45, 2.75) is 33.7 Å². The van der Waals surface area contributed by atoms with Crippen molar-refractivity contribution in [1.29, 1.82) is 0 Å². The zero-order chi connectivity index (χ0) is 21.8. The number of sulfonamides is 1. The first-order chi connectivity index (χ1) is 13.5. The van der Waals surface area contributed by atoms with Crippen LogP contribution < -0.4 is 9.62 Å². The minimum Gasteiger partial charge on any atom is -0.462 e. The standard InChI is InChI=1S/C21H26N2O5S/c1-6-28-21(25)17-8-10-18(11-9-17)22-20(24)16(4)23(29(5,26)27)19-12-7-14(2)15(3)13-19/h7-13,16H,6H2,1-5H3,(H,22,24)/t16-/m1/s1. The predicted octanol–water partition coefficient (Wildman–Crippen LogP) is 3.27. The van der Waals surface area contributed by atoms with Crippen LogP contribution in [0.15, 0.2) is 42.5 Å². The van der Waals surface area contributed by atoms with Gasteiger partial charge in [0.1, 0.15) is 6.04 Å². The molecule has 0 aliphatic heterocycles.